The summed E-state index contributed by atoms with van der Waals surface area (Å²) in [6, 6.07) is 6.00. The Morgan fingerprint density at radius 2 is 1.92 bits per heavy atom. The summed E-state index contributed by atoms with van der Waals surface area (Å²) in [5.41, 5.74) is -0.263. The van der Waals surface area contributed by atoms with Crippen molar-refractivity contribution < 1.29 is 18.3 Å². The second-order valence-electron chi connectivity index (χ2n) is 5.32. The number of hydrogen-bond acceptors (Lipinski definition) is 5. The largest absolute Gasteiger partial charge is 0.505 e. The van der Waals surface area contributed by atoms with Crippen LogP contribution in [0.25, 0.3) is 5.76 Å². The lowest BCUT2D eigenvalue weighted by Gasteiger charge is -2.27. The lowest BCUT2D eigenvalue weighted by Crippen LogP contribution is -2.35. The third kappa shape index (κ3) is 2.45. The second kappa shape index (κ2) is 5.60. The van der Waals surface area contributed by atoms with Gasteiger partial charge in [0.25, 0.3) is 10.0 Å². The highest BCUT2D eigenvalue weighted by molar-refractivity contribution is 7.89. The number of rotatable bonds is 1. The van der Waals surface area contributed by atoms with Crippen LogP contribution in [-0.4, -0.2) is 35.4 Å². The van der Waals surface area contributed by atoms with Crippen LogP contribution in [0.15, 0.2) is 46.0 Å². The fourth-order valence-corrected chi connectivity index (χ4v) is 4.70. The minimum absolute atomic E-state index is 0.0425. The van der Waals surface area contributed by atoms with Crippen LogP contribution in [0.2, 0.25) is 0 Å². The van der Waals surface area contributed by atoms with Gasteiger partial charge in [-0.25, -0.2) is 8.42 Å². The maximum Gasteiger partial charge on any atom is 0.300 e. The Bertz CT molecular complexity index is 1040. The number of carbonyl (C=O) groups is 1. The van der Waals surface area contributed by atoms with Gasteiger partial charge in [-0.15, -0.1) is 11.3 Å². The monoisotopic (exact) mass is 365 g/mol. The first-order chi connectivity index (χ1) is 11.2. The summed E-state index contributed by atoms with van der Waals surface area (Å²) in [5.74, 6) is -1.21. The molecule has 9 heteroatoms. The highest BCUT2D eigenvalue weighted by Gasteiger charge is 2.37. The molecule has 0 bridgehead atoms. The van der Waals surface area contributed by atoms with E-state index in [1.165, 1.54) is 30.5 Å². The van der Waals surface area contributed by atoms with E-state index >= 15 is 0 Å². The molecule has 0 saturated heterocycles. The van der Waals surface area contributed by atoms with Gasteiger partial charge in [0, 0.05) is 30.7 Å². The van der Waals surface area contributed by atoms with Gasteiger partial charge in [-0.05, 0) is 19.1 Å². The molecule has 7 nitrogen and oxygen atoms in total. The van der Waals surface area contributed by atoms with Gasteiger partial charge in [-0.1, -0.05) is 12.1 Å². The van der Waals surface area contributed by atoms with Crippen LogP contribution in [0.4, 0.5) is 0 Å². The van der Waals surface area contributed by atoms with E-state index in [9.17, 15) is 18.3 Å². The van der Waals surface area contributed by atoms with Crippen molar-refractivity contribution in [2.75, 3.05) is 7.05 Å². The van der Waals surface area contributed by atoms with Gasteiger partial charge in [-0.3, -0.25) is 9.10 Å². The minimum atomic E-state index is -3.91. The Labute approximate surface area is 142 Å². The molecule has 0 fully saturated rings. The molecule has 1 amide bonds. The predicted octanol–water partition coefficient (Wildman–Crippen LogP) is 1.38. The van der Waals surface area contributed by atoms with Gasteiger partial charge in [0.1, 0.15) is 0 Å². The highest BCUT2D eigenvalue weighted by atomic mass is 32.2. The van der Waals surface area contributed by atoms with Gasteiger partial charge >= 0.3 is 5.91 Å². The number of benzene rings is 1. The SMILES string of the molecule is Cc1cn(C)c(=NC(=O)C2=C(O)c3ccccc3S(=O)(=O)N2C)s1. The zero-order valence-electron chi connectivity index (χ0n) is 13.2. The summed E-state index contributed by atoms with van der Waals surface area (Å²) in [6.45, 7) is 1.87. The zero-order valence-corrected chi connectivity index (χ0v) is 14.8. The van der Waals surface area contributed by atoms with E-state index in [0.29, 0.717) is 4.80 Å². The fourth-order valence-electron chi connectivity index (χ4n) is 2.48. The topological polar surface area (TPSA) is 92.0 Å². The Kier molecular flexibility index (Phi) is 3.84. The molecule has 0 spiro atoms. The zero-order chi connectivity index (χ0) is 17.6. The Morgan fingerprint density at radius 1 is 1.25 bits per heavy atom. The first-order valence-electron chi connectivity index (χ1n) is 6.97. The van der Waals surface area contributed by atoms with Gasteiger partial charge in [0.05, 0.1) is 4.90 Å². The number of aliphatic hydroxyl groups excluding tert-OH is 1. The van der Waals surface area contributed by atoms with Crippen LogP contribution in [0.1, 0.15) is 10.4 Å². The van der Waals surface area contributed by atoms with E-state index in [2.05, 4.69) is 4.99 Å². The molecular formula is C15H15N3O4S2. The maximum atomic E-state index is 12.6. The Hall–Kier alpha value is -2.39. The van der Waals surface area contributed by atoms with Gasteiger partial charge < -0.3 is 9.67 Å². The number of carbonyl (C=O) groups excluding carboxylic acids is 1. The van der Waals surface area contributed by atoms with Crippen molar-refractivity contribution in [2.24, 2.45) is 12.0 Å². The van der Waals surface area contributed by atoms with Crippen molar-refractivity contribution in [2.45, 2.75) is 11.8 Å². The number of nitrogens with zero attached hydrogens (tertiary/aromatic N) is 3. The van der Waals surface area contributed by atoms with Gasteiger partial charge in [0.15, 0.2) is 16.3 Å². The molecule has 1 aliphatic heterocycles. The number of amides is 1. The van der Waals surface area contributed by atoms with E-state index in [-0.39, 0.29) is 16.2 Å². The van der Waals surface area contributed by atoms with E-state index in [1.807, 2.05) is 13.1 Å². The van der Waals surface area contributed by atoms with Crippen molar-refractivity contribution in [3.8, 4) is 0 Å². The van der Waals surface area contributed by atoms with Crippen molar-refractivity contribution in [1.82, 2.24) is 8.87 Å². The lowest BCUT2D eigenvalue weighted by atomic mass is 10.1. The molecule has 2 aromatic rings. The van der Waals surface area contributed by atoms with Crippen LogP contribution in [0.5, 0.6) is 0 Å². The summed E-state index contributed by atoms with van der Waals surface area (Å²) < 4.78 is 27.6. The summed E-state index contributed by atoms with van der Waals surface area (Å²) in [4.78, 5) is 17.8. The Balaban J connectivity index is 2.22. The molecular weight excluding hydrogens is 350 g/mol. The van der Waals surface area contributed by atoms with Crippen LogP contribution >= 0.6 is 11.3 Å². The summed E-state index contributed by atoms with van der Waals surface area (Å²) in [5, 5.41) is 10.4. The standard InChI is InChI=1S/C15H15N3O4S2/c1-9-8-17(2)15(23-9)16-14(20)12-13(19)10-6-4-5-7-11(10)24(21,22)18(12)3/h4-8,19H,1-3H3. The summed E-state index contributed by atoms with van der Waals surface area (Å²) in [6.07, 6.45) is 1.81. The third-order valence-electron chi connectivity index (χ3n) is 3.65. The molecule has 0 aliphatic carbocycles. The molecule has 1 N–H and O–H groups in total. The number of hydrogen-bond donors (Lipinski definition) is 1. The van der Waals surface area contributed by atoms with Gasteiger partial charge in [0.2, 0.25) is 0 Å². The number of sulfonamides is 1. The van der Waals surface area contributed by atoms with Gasteiger partial charge in [-0.2, -0.15) is 4.99 Å². The van der Waals surface area contributed by atoms with Crippen LogP contribution in [0.3, 0.4) is 0 Å². The molecule has 2 heterocycles. The summed E-state index contributed by atoms with van der Waals surface area (Å²) >= 11 is 1.30. The van der Waals surface area contributed by atoms with E-state index in [4.69, 9.17) is 0 Å². The van der Waals surface area contributed by atoms with E-state index < -0.39 is 21.7 Å². The number of fused-ring (bicyclic) bond motifs is 1. The number of likely N-dealkylation sites (N-methyl/N-ethyl adjacent to an activating group) is 1. The van der Waals surface area contributed by atoms with Crippen molar-refractivity contribution in [1.29, 1.82) is 0 Å². The van der Waals surface area contributed by atoms with E-state index in [0.717, 1.165) is 9.18 Å². The normalized spacial score (nSPS) is 17.1. The molecule has 0 unspecified atom stereocenters. The molecule has 1 aromatic carbocycles. The Morgan fingerprint density at radius 3 is 2.54 bits per heavy atom. The smallest absolute Gasteiger partial charge is 0.300 e. The predicted molar refractivity (Wildman–Crippen MR) is 89.5 cm³/mol. The molecule has 0 radical (unpaired) electrons. The molecule has 24 heavy (non-hydrogen) atoms. The van der Waals surface area contributed by atoms with Crippen molar-refractivity contribution in [3.05, 3.63) is 51.4 Å². The quantitative estimate of drug-likeness (QED) is 0.826. The number of aromatic nitrogens is 1. The maximum absolute atomic E-state index is 12.6. The lowest BCUT2D eigenvalue weighted by molar-refractivity contribution is -0.115. The molecule has 1 aromatic heterocycles. The van der Waals surface area contributed by atoms with Crippen LogP contribution < -0.4 is 4.80 Å². The summed E-state index contributed by atoms with van der Waals surface area (Å²) in [7, 11) is -0.951. The highest BCUT2D eigenvalue weighted by Crippen LogP contribution is 2.34. The van der Waals surface area contributed by atoms with Crippen LogP contribution in [0, 0.1) is 6.92 Å². The van der Waals surface area contributed by atoms with Crippen LogP contribution in [-0.2, 0) is 21.9 Å². The average Bonchev–Trinajstić information content (AvgIpc) is 2.83. The van der Waals surface area contributed by atoms with Crippen molar-refractivity contribution >= 4 is 33.0 Å². The third-order valence-corrected chi connectivity index (χ3v) is 6.45. The van der Waals surface area contributed by atoms with Crippen molar-refractivity contribution in [3.63, 3.8) is 0 Å². The molecule has 126 valence electrons. The minimum Gasteiger partial charge on any atom is -0.505 e. The van der Waals surface area contributed by atoms with E-state index in [1.54, 1.807) is 23.7 Å². The number of thiazole rings is 1. The average molecular weight is 365 g/mol. The number of aryl methyl sites for hydroxylation is 2. The molecule has 0 saturated carbocycles. The fraction of sp³-hybridized carbons (Fsp3) is 0.200. The molecule has 0 atom stereocenters. The second-order valence-corrected chi connectivity index (χ2v) is 8.47. The number of aliphatic hydroxyl groups is 1. The molecule has 3 rings (SSSR count). The first-order valence-corrected chi connectivity index (χ1v) is 9.23. The first kappa shape index (κ1) is 16.5. The molecule has 1 aliphatic rings.